The van der Waals surface area contributed by atoms with Crippen molar-refractivity contribution in [2.24, 2.45) is 11.8 Å². The number of H-pyrrole nitrogens is 1. The SMILES string of the molecule is O=C(NCCc1cn[nH]c1)[C@H]1[C@H]2C[C@H](CN(Cc3ccccc3)C2)[C@@H]2CCCC(=O)N21. The summed E-state index contributed by atoms with van der Waals surface area (Å²) in [4.78, 5) is 30.8. The lowest BCUT2D eigenvalue weighted by Crippen LogP contribution is -2.68. The minimum absolute atomic E-state index is 0.00811. The Labute approximate surface area is 183 Å². The molecule has 2 bridgehead atoms. The number of nitrogens with zero attached hydrogens (tertiary/aromatic N) is 3. The summed E-state index contributed by atoms with van der Waals surface area (Å²) in [5.74, 6) is 0.822. The number of amides is 2. The van der Waals surface area contributed by atoms with Crippen LogP contribution in [0.4, 0.5) is 0 Å². The molecule has 1 aromatic carbocycles. The molecule has 7 nitrogen and oxygen atoms in total. The van der Waals surface area contributed by atoms with Crippen molar-refractivity contribution in [2.45, 2.75) is 50.7 Å². The van der Waals surface area contributed by atoms with E-state index >= 15 is 0 Å². The summed E-state index contributed by atoms with van der Waals surface area (Å²) in [6.45, 7) is 3.34. The zero-order valence-electron chi connectivity index (χ0n) is 17.9. The van der Waals surface area contributed by atoms with Crippen LogP contribution in [0.3, 0.4) is 0 Å². The van der Waals surface area contributed by atoms with Crippen molar-refractivity contribution in [3.05, 3.63) is 53.9 Å². The van der Waals surface area contributed by atoms with Crippen LogP contribution in [0, 0.1) is 11.8 Å². The Morgan fingerprint density at radius 3 is 2.81 bits per heavy atom. The van der Waals surface area contributed by atoms with Crippen LogP contribution < -0.4 is 5.32 Å². The summed E-state index contributed by atoms with van der Waals surface area (Å²) >= 11 is 0. The molecule has 31 heavy (non-hydrogen) atoms. The zero-order valence-corrected chi connectivity index (χ0v) is 17.9. The van der Waals surface area contributed by atoms with Crippen molar-refractivity contribution < 1.29 is 9.59 Å². The zero-order chi connectivity index (χ0) is 21.2. The number of likely N-dealkylation sites (tertiary alicyclic amines) is 1. The molecule has 0 unspecified atom stereocenters. The van der Waals surface area contributed by atoms with E-state index in [2.05, 4.69) is 44.7 Å². The molecule has 4 heterocycles. The second kappa shape index (κ2) is 8.83. The third-order valence-corrected chi connectivity index (χ3v) is 7.20. The second-order valence-corrected chi connectivity index (χ2v) is 9.29. The lowest BCUT2D eigenvalue weighted by Gasteiger charge is -2.56. The number of aromatic nitrogens is 2. The molecule has 1 aromatic heterocycles. The lowest BCUT2D eigenvalue weighted by molar-refractivity contribution is -0.160. The van der Waals surface area contributed by atoms with Crippen LogP contribution in [0.25, 0.3) is 0 Å². The molecule has 0 saturated carbocycles. The summed E-state index contributed by atoms with van der Waals surface area (Å²) in [5, 5.41) is 9.89. The Hall–Kier alpha value is -2.67. The number of aromatic amines is 1. The molecule has 2 N–H and O–H groups in total. The van der Waals surface area contributed by atoms with Crippen molar-refractivity contribution in [1.82, 2.24) is 25.3 Å². The van der Waals surface area contributed by atoms with Gasteiger partial charge in [0.15, 0.2) is 0 Å². The Bertz CT molecular complexity index is 900. The summed E-state index contributed by atoms with van der Waals surface area (Å²) in [5.41, 5.74) is 2.38. The molecule has 2 aromatic rings. The second-order valence-electron chi connectivity index (χ2n) is 9.29. The first-order chi connectivity index (χ1) is 15.2. The molecule has 5 rings (SSSR count). The standard InChI is InChI=1S/C24H31N5O2/c30-22-8-4-7-21-19-11-20(16-28(15-19)14-17-5-2-1-3-6-17)23(29(21)22)24(31)25-10-9-18-12-26-27-13-18/h1-3,5-6,12-13,19-21,23H,4,7-11,14-16H2,(H,25,31)(H,26,27)/t19-,20+,21+,23-/m1/s1. The molecule has 7 heteroatoms. The molecule has 164 valence electrons. The van der Waals surface area contributed by atoms with Gasteiger partial charge in [-0.3, -0.25) is 19.6 Å². The van der Waals surface area contributed by atoms with Crippen LogP contribution in [0.1, 0.15) is 36.8 Å². The fourth-order valence-corrected chi connectivity index (χ4v) is 5.91. The topological polar surface area (TPSA) is 81.3 Å². The van der Waals surface area contributed by atoms with Gasteiger partial charge in [-0.2, -0.15) is 5.10 Å². The fourth-order valence-electron chi connectivity index (χ4n) is 5.91. The van der Waals surface area contributed by atoms with Gasteiger partial charge < -0.3 is 10.2 Å². The minimum Gasteiger partial charge on any atom is -0.354 e. The Morgan fingerprint density at radius 1 is 1.16 bits per heavy atom. The van der Waals surface area contributed by atoms with Crippen LogP contribution in [0.2, 0.25) is 0 Å². The number of benzene rings is 1. The van der Waals surface area contributed by atoms with Gasteiger partial charge in [-0.15, -0.1) is 0 Å². The maximum Gasteiger partial charge on any atom is 0.243 e. The first-order valence-electron chi connectivity index (χ1n) is 11.5. The van der Waals surface area contributed by atoms with E-state index < -0.39 is 0 Å². The van der Waals surface area contributed by atoms with E-state index in [-0.39, 0.29) is 29.8 Å². The number of rotatable bonds is 6. The molecule has 4 atom stereocenters. The van der Waals surface area contributed by atoms with Gasteiger partial charge >= 0.3 is 0 Å². The quantitative estimate of drug-likeness (QED) is 0.747. The summed E-state index contributed by atoms with van der Waals surface area (Å²) < 4.78 is 0. The van der Waals surface area contributed by atoms with E-state index in [1.807, 2.05) is 17.2 Å². The van der Waals surface area contributed by atoms with Crippen molar-refractivity contribution in [3.63, 3.8) is 0 Å². The summed E-state index contributed by atoms with van der Waals surface area (Å²) in [6.07, 6.45) is 7.94. The lowest BCUT2D eigenvalue weighted by atomic mass is 9.71. The fraction of sp³-hybridized carbons (Fsp3) is 0.542. The maximum atomic E-state index is 13.3. The summed E-state index contributed by atoms with van der Waals surface area (Å²) in [7, 11) is 0. The predicted molar refractivity (Wildman–Crippen MR) is 117 cm³/mol. The van der Waals surface area contributed by atoms with E-state index in [1.165, 1.54) is 5.56 Å². The molecule has 0 radical (unpaired) electrons. The van der Waals surface area contributed by atoms with Crippen molar-refractivity contribution in [1.29, 1.82) is 0 Å². The molecule has 3 saturated heterocycles. The molecule has 3 aliphatic heterocycles. The maximum absolute atomic E-state index is 13.3. The molecular weight excluding hydrogens is 390 g/mol. The van der Waals surface area contributed by atoms with E-state index in [9.17, 15) is 9.59 Å². The number of carbonyl (C=O) groups is 2. The van der Waals surface area contributed by atoms with Crippen molar-refractivity contribution >= 4 is 11.8 Å². The van der Waals surface area contributed by atoms with Gasteiger partial charge in [0.1, 0.15) is 6.04 Å². The van der Waals surface area contributed by atoms with Crippen molar-refractivity contribution in [2.75, 3.05) is 19.6 Å². The van der Waals surface area contributed by atoms with Crippen LogP contribution in [-0.2, 0) is 22.6 Å². The Balaban J connectivity index is 1.32. The van der Waals surface area contributed by atoms with E-state index in [0.717, 1.165) is 50.9 Å². The van der Waals surface area contributed by atoms with Crippen LogP contribution in [0.5, 0.6) is 0 Å². The largest absolute Gasteiger partial charge is 0.354 e. The van der Waals surface area contributed by atoms with E-state index in [4.69, 9.17) is 0 Å². The molecule has 3 fully saturated rings. The number of fused-ring (bicyclic) bond motifs is 4. The van der Waals surface area contributed by atoms with Gasteiger partial charge in [0, 0.05) is 50.8 Å². The van der Waals surface area contributed by atoms with Crippen LogP contribution in [-0.4, -0.2) is 63.5 Å². The summed E-state index contributed by atoms with van der Waals surface area (Å²) in [6, 6.07) is 10.4. The molecular formula is C24H31N5O2. The molecule has 2 amide bonds. The van der Waals surface area contributed by atoms with Gasteiger partial charge in [-0.25, -0.2) is 0 Å². The number of carbonyl (C=O) groups excluding carboxylic acids is 2. The average molecular weight is 422 g/mol. The number of nitrogens with one attached hydrogen (secondary N) is 2. The predicted octanol–water partition coefficient (Wildman–Crippen LogP) is 1.97. The van der Waals surface area contributed by atoms with Gasteiger partial charge in [-0.1, -0.05) is 30.3 Å². The van der Waals surface area contributed by atoms with Gasteiger partial charge in [-0.05, 0) is 42.7 Å². The molecule has 0 aliphatic carbocycles. The monoisotopic (exact) mass is 421 g/mol. The minimum atomic E-state index is -0.350. The highest BCUT2D eigenvalue weighted by Gasteiger charge is 2.51. The Kier molecular flexibility index (Phi) is 5.76. The highest BCUT2D eigenvalue weighted by molar-refractivity contribution is 5.89. The van der Waals surface area contributed by atoms with Crippen LogP contribution >= 0.6 is 0 Å². The van der Waals surface area contributed by atoms with Gasteiger partial charge in [0.05, 0.1) is 6.20 Å². The van der Waals surface area contributed by atoms with E-state index in [1.54, 1.807) is 6.20 Å². The molecule has 3 aliphatic rings. The molecule has 0 spiro atoms. The third-order valence-electron chi connectivity index (χ3n) is 7.20. The number of hydrogen-bond acceptors (Lipinski definition) is 4. The average Bonchev–Trinajstić information content (AvgIpc) is 3.29. The number of piperidine rings is 3. The van der Waals surface area contributed by atoms with Crippen molar-refractivity contribution in [3.8, 4) is 0 Å². The first kappa shape index (κ1) is 20.2. The van der Waals surface area contributed by atoms with Crippen LogP contribution in [0.15, 0.2) is 42.7 Å². The normalized spacial score (nSPS) is 28.3. The Morgan fingerprint density at radius 2 is 2.00 bits per heavy atom. The third kappa shape index (κ3) is 4.24. The first-order valence-corrected chi connectivity index (χ1v) is 11.5. The highest BCUT2D eigenvalue weighted by atomic mass is 16.2. The number of hydrogen-bond donors (Lipinski definition) is 2. The smallest absolute Gasteiger partial charge is 0.243 e. The van der Waals surface area contributed by atoms with E-state index in [0.29, 0.717) is 18.9 Å². The van der Waals surface area contributed by atoms with Gasteiger partial charge in [0.25, 0.3) is 0 Å². The highest BCUT2D eigenvalue weighted by Crippen LogP contribution is 2.42. The van der Waals surface area contributed by atoms with Gasteiger partial charge in [0.2, 0.25) is 11.8 Å².